The average Bonchev–Trinajstić information content (AvgIpc) is 2.50. The Hall–Kier alpha value is -1.32. The van der Waals surface area contributed by atoms with Gasteiger partial charge in [-0.25, -0.2) is 9.78 Å². The summed E-state index contributed by atoms with van der Waals surface area (Å²) in [7, 11) is 0. The highest BCUT2D eigenvalue weighted by Crippen LogP contribution is 2.25. The molecule has 0 bridgehead atoms. The minimum atomic E-state index is -1.03. The summed E-state index contributed by atoms with van der Waals surface area (Å²) in [4.78, 5) is 14.3. The topological polar surface area (TPSA) is 63.3 Å². The van der Waals surface area contributed by atoms with Crippen molar-refractivity contribution in [2.24, 2.45) is 5.92 Å². The van der Waals surface area contributed by atoms with Gasteiger partial charge in [0.25, 0.3) is 0 Å². The van der Waals surface area contributed by atoms with Gasteiger partial charge in [0.15, 0.2) is 12.1 Å². The zero-order chi connectivity index (χ0) is 10.0. The second-order valence-corrected chi connectivity index (χ2v) is 3.40. The third kappa shape index (κ3) is 1.88. The van der Waals surface area contributed by atoms with Crippen LogP contribution in [0.1, 0.15) is 42.9 Å². The molecule has 4 heteroatoms. The highest BCUT2D eigenvalue weighted by atomic mass is 16.4. The van der Waals surface area contributed by atoms with Crippen molar-refractivity contribution < 1.29 is 14.3 Å². The van der Waals surface area contributed by atoms with Crippen molar-refractivity contribution in [3.05, 3.63) is 17.8 Å². The van der Waals surface area contributed by atoms with E-state index in [1.54, 1.807) is 0 Å². The Balaban J connectivity index is 3.00. The maximum absolute atomic E-state index is 10.7. The van der Waals surface area contributed by atoms with Gasteiger partial charge in [0.2, 0.25) is 0 Å². The average molecular weight is 183 g/mol. The third-order valence-corrected chi connectivity index (χ3v) is 2.21. The van der Waals surface area contributed by atoms with Gasteiger partial charge in [0.05, 0.1) is 0 Å². The Labute approximate surface area is 76.6 Å². The van der Waals surface area contributed by atoms with E-state index in [-0.39, 0.29) is 11.6 Å². The molecule has 0 aliphatic heterocycles. The summed E-state index contributed by atoms with van der Waals surface area (Å²) < 4.78 is 5.06. The van der Waals surface area contributed by atoms with Crippen LogP contribution in [0.2, 0.25) is 0 Å². The molecule has 0 radical (unpaired) electrons. The number of aromatic nitrogens is 1. The second-order valence-electron chi connectivity index (χ2n) is 3.40. The lowest BCUT2D eigenvalue weighted by Crippen LogP contribution is -2.08. The lowest BCUT2D eigenvalue weighted by atomic mass is 9.94. The van der Waals surface area contributed by atoms with Gasteiger partial charge in [-0.15, -0.1) is 0 Å². The summed E-state index contributed by atoms with van der Waals surface area (Å²) in [5.74, 6) is -0.154. The highest BCUT2D eigenvalue weighted by molar-refractivity contribution is 5.86. The first kappa shape index (κ1) is 9.77. The summed E-state index contributed by atoms with van der Waals surface area (Å²) in [6.07, 6.45) is 1.18. The van der Waals surface area contributed by atoms with Crippen LogP contribution in [0.3, 0.4) is 0 Å². The highest BCUT2D eigenvalue weighted by Gasteiger charge is 2.22. The van der Waals surface area contributed by atoms with E-state index in [9.17, 15) is 4.79 Å². The molecule has 4 nitrogen and oxygen atoms in total. The van der Waals surface area contributed by atoms with Crippen LogP contribution in [-0.2, 0) is 0 Å². The Morgan fingerprint density at radius 1 is 1.54 bits per heavy atom. The molecule has 0 fully saturated rings. The summed E-state index contributed by atoms with van der Waals surface area (Å²) in [6, 6.07) is 0. The first-order chi connectivity index (χ1) is 6.04. The Morgan fingerprint density at radius 3 is 2.62 bits per heavy atom. The molecular weight excluding hydrogens is 170 g/mol. The number of carboxylic acids is 1. The van der Waals surface area contributed by atoms with Gasteiger partial charge < -0.3 is 9.52 Å². The second kappa shape index (κ2) is 3.60. The van der Waals surface area contributed by atoms with Crippen molar-refractivity contribution in [2.75, 3.05) is 0 Å². The van der Waals surface area contributed by atoms with E-state index in [1.807, 2.05) is 20.8 Å². The fourth-order valence-electron chi connectivity index (χ4n) is 1.04. The first-order valence-electron chi connectivity index (χ1n) is 4.20. The van der Waals surface area contributed by atoms with Crippen molar-refractivity contribution >= 4 is 5.97 Å². The van der Waals surface area contributed by atoms with Crippen LogP contribution < -0.4 is 0 Å². The molecule has 1 atom stereocenters. The van der Waals surface area contributed by atoms with Crippen molar-refractivity contribution in [1.82, 2.24) is 4.98 Å². The van der Waals surface area contributed by atoms with Gasteiger partial charge in [-0.3, -0.25) is 0 Å². The van der Waals surface area contributed by atoms with Crippen LogP contribution in [0.4, 0.5) is 0 Å². The molecule has 1 rings (SSSR count). The molecule has 1 N–H and O–H groups in total. The zero-order valence-electron chi connectivity index (χ0n) is 7.94. The summed E-state index contributed by atoms with van der Waals surface area (Å²) in [5, 5.41) is 8.76. The standard InChI is InChI=1S/C9H13NO3/c1-5(2)6(3)8-7(9(11)12)10-4-13-8/h4-6H,1-3H3,(H,11,12). The molecule has 0 aliphatic carbocycles. The smallest absolute Gasteiger partial charge is 0.358 e. The van der Waals surface area contributed by atoms with Crippen LogP contribution in [0.15, 0.2) is 10.8 Å². The Bertz CT molecular complexity index is 304. The number of oxazole rings is 1. The number of carboxylic acid groups (broad SMARTS) is 1. The maximum Gasteiger partial charge on any atom is 0.358 e. The van der Waals surface area contributed by atoms with Gasteiger partial charge in [0.1, 0.15) is 5.76 Å². The van der Waals surface area contributed by atoms with Crippen molar-refractivity contribution in [1.29, 1.82) is 0 Å². The summed E-state index contributed by atoms with van der Waals surface area (Å²) >= 11 is 0. The molecule has 13 heavy (non-hydrogen) atoms. The molecule has 72 valence electrons. The molecule has 1 aromatic heterocycles. The lowest BCUT2D eigenvalue weighted by Gasteiger charge is -2.12. The van der Waals surface area contributed by atoms with E-state index in [4.69, 9.17) is 9.52 Å². The van der Waals surface area contributed by atoms with Crippen molar-refractivity contribution in [3.8, 4) is 0 Å². The molecule has 0 aromatic carbocycles. The number of hydrogen-bond acceptors (Lipinski definition) is 3. The Kier molecular flexibility index (Phi) is 2.70. The van der Waals surface area contributed by atoms with E-state index in [2.05, 4.69) is 4.98 Å². The van der Waals surface area contributed by atoms with Gasteiger partial charge in [-0.05, 0) is 5.92 Å². The molecule has 0 amide bonds. The predicted octanol–water partition coefficient (Wildman–Crippen LogP) is 2.13. The lowest BCUT2D eigenvalue weighted by molar-refractivity contribution is 0.0687. The fourth-order valence-corrected chi connectivity index (χ4v) is 1.04. The Morgan fingerprint density at radius 2 is 2.15 bits per heavy atom. The normalized spacial score (nSPS) is 13.2. The third-order valence-electron chi connectivity index (χ3n) is 2.21. The SMILES string of the molecule is CC(C)C(C)c1ocnc1C(=O)O. The monoisotopic (exact) mass is 183 g/mol. The molecule has 0 aliphatic rings. The number of carbonyl (C=O) groups is 1. The van der Waals surface area contributed by atoms with Crippen LogP contribution in [0, 0.1) is 5.92 Å². The number of hydrogen-bond donors (Lipinski definition) is 1. The number of rotatable bonds is 3. The van der Waals surface area contributed by atoms with E-state index < -0.39 is 5.97 Å². The number of aromatic carboxylic acids is 1. The molecule has 1 heterocycles. The fraction of sp³-hybridized carbons (Fsp3) is 0.556. The van der Waals surface area contributed by atoms with E-state index in [0.29, 0.717) is 11.7 Å². The largest absolute Gasteiger partial charge is 0.476 e. The molecule has 0 saturated heterocycles. The summed E-state index contributed by atoms with van der Waals surface area (Å²) in [5.41, 5.74) is 0.0289. The van der Waals surface area contributed by atoms with E-state index >= 15 is 0 Å². The maximum atomic E-state index is 10.7. The molecule has 0 spiro atoms. The van der Waals surface area contributed by atoms with Gasteiger partial charge in [-0.2, -0.15) is 0 Å². The van der Waals surface area contributed by atoms with Crippen LogP contribution in [0.5, 0.6) is 0 Å². The van der Waals surface area contributed by atoms with Crippen LogP contribution >= 0.6 is 0 Å². The molecule has 1 aromatic rings. The van der Waals surface area contributed by atoms with Crippen molar-refractivity contribution in [2.45, 2.75) is 26.7 Å². The number of nitrogens with zero attached hydrogens (tertiary/aromatic N) is 1. The summed E-state index contributed by atoms with van der Waals surface area (Å²) in [6.45, 7) is 5.95. The van der Waals surface area contributed by atoms with Crippen molar-refractivity contribution in [3.63, 3.8) is 0 Å². The molecule has 0 saturated carbocycles. The zero-order valence-corrected chi connectivity index (χ0v) is 7.94. The van der Waals surface area contributed by atoms with E-state index in [0.717, 1.165) is 0 Å². The quantitative estimate of drug-likeness (QED) is 0.779. The molecule has 1 unspecified atom stereocenters. The minimum absolute atomic E-state index is 0.0289. The van der Waals surface area contributed by atoms with Gasteiger partial charge in [0, 0.05) is 5.92 Å². The predicted molar refractivity (Wildman–Crippen MR) is 46.7 cm³/mol. The first-order valence-corrected chi connectivity index (χ1v) is 4.20. The van der Waals surface area contributed by atoms with Crippen LogP contribution in [0.25, 0.3) is 0 Å². The minimum Gasteiger partial charge on any atom is -0.476 e. The molecular formula is C9H13NO3. The van der Waals surface area contributed by atoms with Gasteiger partial charge in [-0.1, -0.05) is 20.8 Å². The van der Waals surface area contributed by atoms with E-state index in [1.165, 1.54) is 6.39 Å². The van der Waals surface area contributed by atoms with Gasteiger partial charge >= 0.3 is 5.97 Å². The van der Waals surface area contributed by atoms with Crippen LogP contribution in [-0.4, -0.2) is 16.1 Å².